The monoisotopic (exact) mass is 339 g/mol. The third-order valence-corrected chi connectivity index (χ3v) is 4.70. The van der Waals surface area contributed by atoms with Crippen molar-refractivity contribution in [3.05, 3.63) is 48.8 Å². The third kappa shape index (κ3) is 5.29. The Balaban J connectivity index is 1.55. The van der Waals surface area contributed by atoms with Gasteiger partial charge in [-0.1, -0.05) is 13.0 Å². The lowest BCUT2D eigenvalue weighted by molar-refractivity contribution is -0.117. The smallest absolute Gasteiger partial charge is 0.224 e. The Hall–Kier alpha value is -2.40. The van der Waals surface area contributed by atoms with E-state index in [9.17, 15) is 4.79 Å². The lowest BCUT2D eigenvalue weighted by Crippen LogP contribution is -2.32. The fourth-order valence-electron chi connectivity index (χ4n) is 3.26. The van der Waals surface area contributed by atoms with Gasteiger partial charge in [0.25, 0.3) is 0 Å². The number of aromatic nitrogens is 1. The van der Waals surface area contributed by atoms with Crippen molar-refractivity contribution in [1.29, 1.82) is 0 Å². The zero-order chi connectivity index (χ0) is 17.5. The fourth-order valence-corrected chi connectivity index (χ4v) is 3.26. The van der Waals surface area contributed by atoms with E-state index in [1.807, 2.05) is 24.3 Å². The van der Waals surface area contributed by atoms with Crippen LogP contribution in [-0.2, 0) is 4.79 Å². The Morgan fingerprint density at radius 1 is 1.24 bits per heavy atom. The van der Waals surface area contributed by atoms with Gasteiger partial charge in [0.15, 0.2) is 0 Å². The summed E-state index contributed by atoms with van der Waals surface area (Å²) in [5, 5.41) is 6.36. The van der Waals surface area contributed by atoms with Gasteiger partial charge in [-0.3, -0.25) is 9.78 Å². The second kappa shape index (κ2) is 8.62. The summed E-state index contributed by atoms with van der Waals surface area (Å²) in [4.78, 5) is 16.3. The molecule has 1 aliphatic rings. The van der Waals surface area contributed by atoms with Gasteiger partial charge < -0.3 is 15.4 Å². The number of nitrogens with zero attached hydrogens (tertiary/aromatic N) is 1. The summed E-state index contributed by atoms with van der Waals surface area (Å²) in [6, 6.07) is 11.1. The summed E-state index contributed by atoms with van der Waals surface area (Å²) in [5.74, 6) is 2.51. The molecule has 1 aromatic heterocycles. The molecule has 1 atom stereocenters. The van der Waals surface area contributed by atoms with E-state index in [2.05, 4.69) is 22.5 Å². The van der Waals surface area contributed by atoms with Gasteiger partial charge in [0.1, 0.15) is 11.5 Å². The minimum Gasteiger partial charge on any atom is -0.457 e. The first-order valence-corrected chi connectivity index (χ1v) is 8.89. The van der Waals surface area contributed by atoms with Crippen LogP contribution in [0.5, 0.6) is 11.5 Å². The van der Waals surface area contributed by atoms with E-state index in [1.54, 1.807) is 24.5 Å². The molecule has 0 saturated carbocycles. The summed E-state index contributed by atoms with van der Waals surface area (Å²) >= 11 is 0. The first-order valence-electron chi connectivity index (χ1n) is 8.89. The Morgan fingerprint density at radius 2 is 2.00 bits per heavy atom. The normalized spacial score (nSPS) is 16.2. The van der Waals surface area contributed by atoms with Crippen LogP contribution in [0.4, 0.5) is 5.69 Å². The van der Waals surface area contributed by atoms with Gasteiger partial charge in [-0.25, -0.2) is 0 Å². The molecule has 5 nitrogen and oxygen atoms in total. The van der Waals surface area contributed by atoms with Crippen molar-refractivity contribution in [1.82, 2.24) is 10.3 Å². The fraction of sp³-hybridized carbons (Fsp3) is 0.400. The minimum atomic E-state index is 0.0621. The number of ether oxygens (including phenoxy) is 1. The van der Waals surface area contributed by atoms with Gasteiger partial charge in [0.2, 0.25) is 5.91 Å². The molecule has 2 N–H and O–H groups in total. The van der Waals surface area contributed by atoms with Crippen LogP contribution in [0, 0.1) is 11.8 Å². The molecular formula is C20H25N3O2. The average molecular weight is 339 g/mol. The number of anilines is 1. The largest absolute Gasteiger partial charge is 0.457 e. The van der Waals surface area contributed by atoms with Crippen molar-refractivity contribution >= 4 is 11.6 Å². The maximum Gasteiger partial charge on any atom is 0.224 e. The highest BCUT2D eigenvalue weighted by atomic mass is 16.5. The second-order valence-corrected chi connectivity index (χ2v) is 6.63. The number of piperidine rings is 1. The number of pyridine rings is 1. The Kier molecular flexibility index (Phi) is 6.01. The van der Waals surface area contributed by atoms with Gasteiger partial charge in [-0.05, 0) is 62.0 Å². The summed E-state index contributed by atoms with van der Waals surface area (Å²) in [7, 11) is 0. The number of hydrogen-bond donors (Lipinski definition) is 2. The van der Waals surface area contributed by atoms with Crippen LogP contribution >= 0.6 is 0 Å². The van der Waals surface area contributed by atoms with E-state index in [4.69, 9.17) is 4.74 Å². The summed E-state index contributed by atoms with van der Waals surface area (Å²) in [6.07, 6.45) is 6.24. The highest BCUT2D eigenvalue weighted by Gasteiger charge is 2.22. The zero-order valence-electron chi connectivity index (χ0n) is 14.6. The predicted molar refractivity (Wildman–Crippen MR) is 98.8 cm³/mol. The number of rotatable bonds is 6. The van der Waals surface area contributed by atoms with Crippen LogP contribution in [-0.4, -0.2) is 24.0 Å². The molecule has 2 heterocycles. The molecule has 0 bridgehead atoms. The topological polar surface area (TPSA) is 63.2 Å². The van der Waals surface area contributed by atoms with E-state index in [0.29, 0.717) is 24.0 Å². The summed E-state index contributed by atoms with van der Waals surface area (Å²) < 4.78 is 5.78. The lowest BCUT2D eigenvalue weighted by atomic mass is 9.84. The molecule has 0 radical (unpaired) electrons. The molecule has 132 valence electrons. The summed E-state index contributed by atoms with van der Waals surface area (Å²) in [5.41, 5.74) is 0.758. The molecule has 2 aromatic rings. The lowest BCUT2D eigenvalue weighted by Gasteiger charge is -2.27. The van der Waals surface area contributed by atoms with Crippen molar-refractivity contribution in [2.24, 2.45) is 11.8 Å². The van der Waals surface area contributed by atoms with Crippen molar-refractivity contribution in [2.75, 3.05) is 18.4 Å². The number of amides is 1. The highest BCUT2D eigenvalue weighted by Crippen LogP contribution is 2.26. The van der Waals surface area contributed by atoms with E-state index in [1.165, 1.54) is 0 Å². The molecule has 1 unspecified atom stereocenters. The molecule has 1 aliphatic heterocycles. The first-order chi connectivity index (χ1) is 12.2. The average Bonchev–Trinajstić information content (AvgIpc) is 2.63. The van der Waals surface area contributed by atoms with Crippen molar-refractivity contribution in [2.45, 2.75) is 26.2 Å². The molecule has 1 saturated heterocycles. The Bertz CT molecular complexity index is 684. The number of carbonyl (C=O) groups is 1. The summed E-state index contributed by atoms with van der Waals surface area (Å²) in [6.45, 7) is 4.30. The van der Waals surface area contributed by atoms with Crippen molar-refractivity contribution in [3.8, 4) is 11.5 Å². The minimum absolute atomic E-state index is 0.0621. The van der Waals surface area contributed by atoms with Crippen LogP contribution in [0.2, 0.25) is 0 Å². The maximum absolute atomic E-state index is 12.4. The van der Waals surface area contributed by atoms with Crippen LogP contribution in [0.1, 0.15) is 26.2 Å². The molecular weight excluding hydrogens is 314 g/mol. The predicted octanol–water partition coefficient (Wildman–Crippen LogP) is 3.84. The quantitative estimate of drug-likeness (QED) is 0.839. The Labute approximate surface area is 148 Å². The van der Waals surface area contributed by atoms with E-state index >= 15 is 0 Å². The first kappa shape index (κ1) is 17.4. The van der Waals surface area contributed by atoms with Gasteiger partial charge in [0, 0.05) is 30.6 Å². The number of hydrogen-bond acceptors (Lipinski definition) is 4. The van der Waals surface area contributed by atoms with Crippen LogP contribution in [0.25, 0.3) is 0 Å². The molecule has 0 spiro atoms. The van der Waals surface area contributed by atoms with Crippen molar-refractivity contribution in [3.63, 3.8) is 0 Å². The van der Waals surface area contributed by atoms with Crippen LogP contribution in [0.3, 0.4) is 0 Å². The number of carbonyl (C=O) groups excluding carboxylic acids is 1. The van der Waals surface area contributed by atoms with E-state index in [-0.39, 0.29) is 5.91 Å². The second-order valence-electron chi connectivity index (χ2n) is 6.63. The van der Waals surface area contributed by atoms with Gasteiger partial charge in [-0.15, -0.1) is 0 Å². The van der Waals surface area contributed by atoms with Crippen molar-refractivity contribution < 1.29 is 9.53 Å². The van der Waals surface area contributed by atoms with E-state index < -0.39 is 0 Å². The molecule has 1 aromatic carbocycles. The maximum atomic E-state index is 12.4. The number of benzene rings is 1. The zero-order valence-corrected chi connectivity index (χ0v) is 14.6. The third-order valence-electron chi connectivity index (χ3n) is 4.70. The van der Waals surface area contributed by atoms with Gasteiger partial charge in [0.05, 0.1) is 0 Å². The molecule has 5 heteroatoms. The molecule has 3 rings (SSSR count). The Morgan fingerprint density at radius 3 is 2.76 bits per heavy atom. The van der Waals surface area contributed by atoms with E-state index in [0.717, 1.165) is 37.4 Å². The molecule has 1 amide bonds. The molecule has 1 fully saturated rings. The van der Waals surface area contributed by atoms with Crippen LogP contribution in [0.15, 0.2) is 48.8 Å². The highest BCUT2D eigenvalue weighted by molar-refractivity contribution is 5.91. The molecule has 25 heavy (non-hydrogen) atoms. The molecule has 0 aliphatic carbocycles. The van der Waals surface area contributed by atoms with Crippen LogP contribution < -0.4 is 15.4 Å². The van der Waals surface area contributed by atoms with Gasteiger partial charge in [-0.2, -0.15) is 0 Å². The standard InChI is InChI=1S/C20H25N3O2/c1-15(16-5-9-21-10-6-16)13-20(24)23-17-3-2-4-19(14-17)25-18-7-11-22-12-8-18/h2-4,7-8,11-12,14-16,21H,5-6,9-10,13H2,1H3,(H,23,24). The van der Waals surface area contributed by atoms with Gasteiger partial charge >= 0.3 is 0 Å². The number of nitrogens with one attached hydrogen (secondary N) is 2. The SMILES string of the molecule is CC(CC(=O)Nc1cccc(Oc2ccncc2)c1)C1CCNCC1.